The highest BCUT2D eigenvalue weighted by Gasteiger charge is 2.00. The number of phenolic OH excluding ortho intramolecular Hbond substituents is 1. The molecule has 0 bridgehead atoms. The van der Waals surface area contributed by atoms with E-state index in [1.165, 1.54) is 4.70 Å². The van der Waals surface area contributed by atoms with Crippen molar-refractivity contribution >= 4 is 39.4 Å². The third kappa shape index (κ3) is 2.44. The lowest BCUT2D eigenvalue weighted by molar-refractivity contribution is 0.478. The fraction of sp³-hybridized carbons (Fsp3) is 0. The fourth-order valence-electron chi connectivity index (χ4n) is 1.81. The zero-order valence-corrected chi connectivity index (χ0v) is 10.9. The van der Waals surface area contributed by atoms with E-state index in [2.05, 4.69) is 11.1 Å². The van der Waals surface area contributed by atoms with Crippen molar-refractivity contribution < 1.29 is 5.11 Å². The molecule has 94 valence electrons. The molecule has 1 heterocycles. The molecule has 0 saturated heterocycles. The zero-order chi connectivity index (χ0) is 13.2. The number of phenols is 1. The Labute approximate surface area is 114 Å². The summed E-state index contributed by atoms with van der Waals surface area (Å²) in [4.78, 5) is 4.52. The van der Waals surface area contributed by atoms with E-state index < -0.39 is 0 Å². The number of nitrogen functional groups attached to an aromatic ring is 1. The molecule has 0 amide bonds. The maximum atomic E-state index is 9.36. The predicted molar refractivity (Wildman–Crippen MR) is 81.1 cm³/mol. The van der Waals surface area contributed by atoms with Gasteiger partial charge in [-0.05, 0) is 35.9 Å². The van der Waals surface area contributed by atoms with Gasteiger partial charge in [-0.25, -0.2) is 4.98 Å². The van der Waals surface area contributed by atoms with Crippen molar-refractivity contribution in [3.63, 3.8) is 0 Å². The van der Waals surface area contributed by atoms with Gasteiger partial charge in [0, 0.05) is 0 Å². The van der Waals surface area contributed by atoms with Gasteiger partial charge in [0.1, 0.15) is 10.8 Å². The van der Waals surface area contributed by atoms with E-state index in [0.29, 0.717) is 5.69 Å². The molecule has 19 heavy (non-hydrogen) atoms. The van der Waals surface area contributed by atoms with Gasteiger partial charge in [0.2, 0.25) is 0 Å². The van der Waals surface area contributed by atoms with Gasteiger partial charge in [-0.1, -0.05) is 24.3 Å². The van der Waals surface area contributed by atoms with Crippen LogP contribution in [0.15, 0.2) is 42.5 Å². The molecule has 3 rings (SSSR count). The number of para-hydroxylation sites is 1. The number of aromatic nitrogens is 1. The van der Waals surface area contributed by atoms with Crippen molar-refractivity contribution in [2.45, 2.75) is 0 Å². The highest BCUT2D eigenvalue weighted by Crippen LogP contribution is 2.24. The van der Waals surface area contributed by atoms with Crippen molar-refractivity contribution in [1.82, 2.24) is 4.98 Å². The Morgan fingerprint density at radius 3 is 2.74 bits per heavy atom. The molecular formula is C15H12N2OS. The van der Waals surface area contributed by atoms with E-state index in [9.17, 15) is 5.11 Å². The van der Waals surface area contributed by atoms with E-state index >= 15 is 0 Å². The van der Waals surface area contributed by atoms with Crippen LogP contribution in [0.4, 0.5) is 5.69 Å². The average molecular weight is 268 g/mol. The fourth-order valence-corrected chi connectivity index (χ4v) is 2.68. The number of benzene rings is 2. The van der Waals surface area contributed by atoms with Crippen molar-refractivity contribution in [2.24, 2.45) is 0 Å². The van der Waals surface area contributed by atoms with Crippen LogP contribution in [0, 0.1) is 0 Å². The summed E-state index contributed by atoms with van der Waals surface area (Å²) in [5, 5.41) is 10.3. The summed E-state index contributed by atoms with van der Waals surface area (Å²) in [5.74, 6) is 0.108. The molecule has 3 aromatic rings. The van der Waals surface area contributed by atoms with Gasteiger partial charge in [0.15, 0.2) is 0 Å². The SMILES string of the molecule is Nc1cc(C=Cc2nc3ccccc3s2)ccc1O. The molecule has 0 aliphatic carbocycles. The van der Waals surface area contributed by atoms with Crippen LogP contribution >= 0.6 is 11.3 Å². The molecule has 0 fully saturated rings. The third-order valence-corrected chi connectivity index (χ3v) is 3.78. The molecule has 0 aliphatic rings. The summed E-state index contributed by atoms with van der Waals surface area (Å²) in [6.45, 7) is 0. The summed E-state index contributed by atoms with van der Waals surface area (Å²) in [5.41, 5.74) is 7.99. The summed E-state index contributed by atoms with van der Waals surface area (Å²) in [6.07, 6.45) is 3.89. The standard InChI is InChI=1S/C15H12N2OS/c16-11-9-10(5-7-13(11)18)6-8-15-17-12-3-1-2-4-14(12)19-15/h1-9,18H,16H2. The molecule has 0 spiro atoms. The van der Waals surface area contributed by atoms with Gasteiger partial charge in [-0.2, -0.15) is 0 Å². The maximum absolute atomic E-state index is 9.36. The van der Waals surface area contributed by atoms with Gasteiger partial charge in [0.25, 0.3) is 0 Å². The number of hydrogen-bond acceptors (Lipinski definition) is 4. The van der Waals surface area contributed by atoms with E-state index in [1.807, 2.05) is 36.4 Å². The van der Waals surface area contributed by atoms with Crippen LogP contribution in [0.1, 0.15) is 10.6 Å². The zero-order valence-electron chi connectivity index (χ0n) is 10.1. The summed E-state index contributed by atoms with van der Waals surface area (Å²) < 4.78 is 1.17. The monoisotopic (exact) mass is 268 g/mol. The first-order valence-corrected chi connectivity index (χ1v) is 6.66. The number of rotatable bonds is 2. The van der Waals surface area contributed by atoms with Crippen molar-refractivity contribution in [1.29, 1.82) is 0 Å². The second-order valence-corrected chi connectivity index (χ2v) is 5.23. The Hall–Kier alpha value is -2.33. The lowest BCUT2D eigenvalue weighted by atomic mass is 10.2. The van der Waals surface area contributed by atoms with Gasteiger partial charge in [0.05, 0.1) is 15.9 Å². The molecule has 4 heteroatoms. The van der Waals surface area contributed by atoms with Crippen molar-refractivity contribution in [3.05, 3.63) is 53.0 Å². The molecular weight excluding hydrogens is 256 g/mol. The molecule has 0 atom stereocenters. The minimum absolute atomic E-state index is 0.108. The first-order chi connectivity index (χ1) is 9.22. The van der Waals surface area contributed by atoms with Crippen LogP contribution in [-0.4, -0.2) is 10.1 Å². The normalized spacial score (nSPS) is 11.4. The highest BCUT2D eigenvalue weighted by molar-refractivity contribution is 7.19. The Balaban J connectivity index is 1.91. The molecule has 2 aromatic carbocycles. The molecule has 1 aromatic heterocycles. The van der Waals surface area contributed by atoms with E-state index in [4.69, 9.17) is 5.73 Å². The largest absolute Gasteiger partial charge is 0.506 e. The van der Waals surface area contributed by atoms with Gasteiger partial charge in [-0.15, -0.1) is 11.3 Å². The summed E-state index contributed by atoms with van der Waals surface area (Å²) >= 11 is 1.65. The first-order valence-electron chi connectivity index (χ1n) is 5.84. The van der Waals surface area contributed by atoms with Gasteiger partial charge in [-0.3, -0.25) is 0 Å². The first kappa shape index (κ1) is 11.7. The van der Waals surface area contributed by atoms with Gasteiger partial charge < -0.3 is 10.8 Å². The predicted octanol–water partition coefficient (Wildman–Crippen LogP) is 3.75. The van der Waals surface area contributed by atoms with Crippen molar-refractivity contribution in [3.8, 4) is 5.75 Å². The number of fused-ring (bicyclic) bond motifs is 1. The number of hydrogen-bond donors (Lipinski definition) is 2. The molecule has 0 radical (unpaired) electrons. The van der Waals surface area contributed by atoms with E-state index in [-0.39, 0.29) is 5.75 Å². The van der Waals surface area contributed by atoms with Crippen LogP contribution in [0.25, 0.3) is 22.4 Å². The second kappa shape index (κ2) is 4.74. The number of thiazole rings is 1. The maximum Gasteiger partial charge on any atom is 0.138 e. The van der Waals surface area contributed by atoms with Crippen LogP contribution in [-0.2, 0) is 0 Å². The van der Waals surface area contributed by atoms with Crippen LogP contribution in [0.2, 0.25) is 0 Å². The minimum atomic E-state index is 0.108. The lowest BCUT2D eigenvalue weighted by Crippen LogP contribution is -1.85. The Morgan fingerprint density at radius 2 is 1.95 bits per heavy atom. The van der Waals surface area contributed by atoms with E-state index in [1.54, 1.807) is 23.5 Å². The van der Waals surface area contributed by atoms with Crippen molar-refractivity contribution in [2.75, 3.05) is 5.73 Å². The Bertz CT molecular complexity index is 729. The van der Waals surface area contributed by atoms with Crippen LogP contribution in [0.3, 0.4) is 0 Å². The quantitative estimate of drug-likeness (QED) is 0.549. The lowest BCUT2D eigenvalue weighted by Gasteiger charge is -1.98. The third-order valence-electron chi connectivity index (χ3n) is 2.78. The second-order valence-electron chi connectivity index (χ2n) is 4.17. The summed E-state index contributed by atoms with van der Waals surface area (Å²) in [7, 11) is 0. The highest BCUT2D eigenvalue weighted by atomic mass is 32.1. The topological polar surface area (TPSA) is 59.1 Å². The average Bonchev–Trinajstić information content (AvgIpc) is 2.83. The molecule has 3 N–H and O–H groups in total. The number of nitrogens with zero attached hydrogens (tertiary/aromatic N) is 1. The minimum Gasteiger partial charge on any atom is -0.506 e. The number of aromatic hydroxyl groups is 1. The van der Waals surface area contributed by atoms with Crippen LogP contribution in [0.5, 0.6) is 5.75 Å². The molecule has 3 nitrogen and oxygen atoms in total. The number of nitrogens with two attached hydrogens (primary N) is 1. The molecule has 0 unspecified atom stereocenters. The van der Waals surface area contributed by atoms with Crippen LogP contribution < -0.4 is 5.73 Å². The Kier molecular flexibility index (Phi) is 2.93. The number of anilines is 1. The smallest absolute Gasteiger partial charge is 0.138 e. The Morgan fingerprint density at radius 1 is 1.11 bits per heavy atom. The molecule has 0 saturated carbocycles. The molecule has 0 aliphatic heterocycles. The van der Waals surface area contributed by atoms with E-state index in [0.717, 1.165) is 16.1 Å². The van der Waals surface area contributed by atoms with Gasteiger partial charge >= 0.3 is 0 Å². The summed E-state index contributed by atoms with van der Waals surface area (Å²) in [6, 6.07) is 13.2.